The summed E-state index contributed by atoms with van der Waals surface area (Å²) in [4.78, 5) is 37.5. The summed E-state index contributed by atoms with van der Waals surface area (Å²) < 4.78 is 0. The molecule has 1 aliphatic heterocycles. The van der Waals surface area contributed by atoms with Gasteiger partial charge in [0.25, 0.3) is 0 Å². The lowest BCUT2D eigenvalue weighted by Crippen LogP contribution is -2.51. The Kier molecular flexibility index (Phi) is 6.37. The van der Waals surface area contributed by atoms with Crippen LogP contribution in [0, 0.1) is 17.8 Å². The lowest BCUT2D eigenvalue weighted by molar-refractivity contribution is -0.142. The van der Waals surface area contributed by atoms with Gasteiger partial charge in [0.15, 0.2) is 0 Å². The molecule has 5 heteroatoms. The average Bonchev–Trinajstić information content (AvgIpc) is 2.91. The second-order valence-electron chi connectivity index (χ2n) is 6.64. The summed E-state index contributed by atoms with van der Waals surface area (Å²) in [7, 11) is 0. The van der Waals surface area contributed by atoms with Crippen molar-refractivity contribution in [3.05, 3.63) is 0 Å². The first-order valence-corrected chi connectivity index (χ1v) is 7.85. The minimum atomic E-state index is -0.488. The highest BCUT2D eigenvalue weighted by Crippen LogP contribution is 2.23. The van der Waals surface area contributed by atoms with Gasteiger partial charge in [-0.25, -0.2) is 0 Å². The van der Waals surface area contributed by atoms with E-state index in [9.17, 15) is 14.4 Å². The number of hydrogen-bond donors (Lipinski definition) is 1. The number of amides is 2. The van der Waals surface area contributed by atoms with Crippen LogP contribution in [0.4, 0.5) is 0 Å². The lowest BCUT2D eigenvalue weighted by Gasteiger charge is -2.29. The molecule has 1 fully saturated rings. The van der Waals surface area contributed by atoms with E-state index in [1.54, 1.807) is 4.90 Å². The van der Waals surface area contributed by atoms with Gasteiger partial charge in [-0.3, -0.25) is 9.59 Å². The molecule has 1 rings (SSSR count). The van der Waals surface area contributed by atoms with E-state index in [4.69, 9.17) is 0 Å². The van der Waals surface area contributed by atoms with Crippen LogP contribution in [0.1, 0.15) is 47.5 Å². The SMILES string of the molecule is CC(C)[C@H](C)C(=O)N1CCCC1C(=O)N[C@H](C=O)C(C)C. The molecule has 0 saturated carbocycles. The number of hydrogen-bond acceptors (Lipinski definition) is 3. The molecule has 1 N–H and O–H groups in total. The minimum absolute atomic E-state index is 0.0369. The molecule has 0 aromatic carbocycles. The number of aldehydes is 1. The Hall–Kier alpha value is -1.39. The lowest BCUT2D eigenvalue weighted by atomic mass is 9.96. The van der Waals surface area contributed by atoms with E-state index in [0.29, 0.717) is 13.0 Å². The molecule has 0 radical (unpaired) electrons. The normalized spacial score (nSPS) is 21.5. The van der Waals surface area contributed by atoms with E-state index in [2.05, 4.69) is 5.32 Å². The van der Waals surface area contributed by atoms with Gasteiger partial charge in [0.05, 0.1) is 6.04 Å². The van der Waals surface area contributed by atoms with Gasteiger partial charge >= 0.3 is 0 Å². The molecule has 0 aliphatic carbocycles. The predicted octanol–water partition coefficient (Wildman–Crippen LogP) is 1.61. The van der Waals surface area contributed by atoms with Crippen molar-refractivity contribution in [3.8, 4) is 0 Å². The number of likely N-dealkylation sites (tertiary alicyclic amines) is 1. The third-order valence-corrected chi connectivity index (χ3v) is 4.40. The molecular formula is C16H28N2O3. The van der Waals surface area contributed by atoms with Crippen LogP contribution in [0.5, 0.6) is 0 Å². The molecule has 0 aromatic rings. The number of nitrogens with one attached hydrogen (secondary N) is 1. The van der Waals surface area contributed by atoms with Gasteiger partial charge in [0, 0.05) is 12.5 Å². The summed E-state index contributed by atoms with van der Waals surface area (Å²) >= 11 is 0. The number of rotatable bonds is 6. The van der Waals surface area contributed by atoms with Crippen LogP contribution in [0.3, 0.4) is 0 Å². The maximum Gasteiger partial charge on any atom is 0.243 e. The van der Waals surface area contributed by atoms with Crippen LogP contribution >= 0.6 is 0 Å². The zero-order chi connectivity index (χ0) is 16.2. The van der Waals surface area contributed by atoms with E-state index in [1.807, 2.05) is 34.6 Å². The van der Waals surface area contributed by atoms with Gasteiger partial charge < -0.3 is 15.0 Å². The Labute approximate surface area is 127 Å². The fraction of sp³-hybridized carbons (Fsp3) is 0.812. The molecule has 5 nitrogen and oxygen atoms in total. The van der Waals surface area contributed by atoms with Crippen LogP contribution in [-0.2, 0) is 14.4 Å². The summed E-state index contributed by atoms with van der Waals surface area (Å²) in [5.41, 5.74) is 0. The van der Waals surface area contributed by atoms with Gasteiger partial charge in [-0.05, 0) is 24.7 Å². The summed E-state index contributed by atoms with van der Waals surface area (Å²) in [6.07, 6.45) is 2.27. The Balaban J connectivity index is 2.74. The summed E-state index contributed by atoms with van der Waals surface area (Å²) in [5.74, 6) is 0.0367. The van der Waals surface area contributed by atoms with Crippen molar-refractivity contribution in [1.29, 1.82) is 0 Å². The summed E-state index contributed by atoms with van der Waals surface area (Å²) in [6.45, 7) is 10.3. The average molecular weight is 296 g/mol. The van der Waals surface area contributed by atoms with E-state index >= 15 is 0 Å². The van der Waals surface area contributed by atoms with Crippen LogP contribution in [-0.4, -0.2) is 41.6 Å². The second-order valence-corrected chi connectivity index (χ2v) is 6.64. The molecular weight excluding hydrogens is 268 g/mol. The van der Waals surface area contributed by atoms with Gasteiger partial charge in [0.1, 0.15) is 12.3 Å². The topological polar surface area (TPSA) is 66.5 Å². The third-order valence-electron chi connectivity index (χ3n) is 4.40. The van der Waals surface area contributed by atoms with Crippen LogP contribution in [0.25, 0.3) is 0 Å². The van der Waals surface area contributed by atoms with Crippen molar-refractivity contribution in [2.24, 2.45) is 17.8 Å². The zero-order valence-electron chi connectivity index (χ0n) is 13.8. The van der Waals surface area contributed by atoms with E-state index < -0.39 is 12.1 Å². The van der Waals surface area contributed by atoms with E-state index in [-0.39, 0.29) is 29.6 Å². The van der Waals surface area contributed by atoms with Gasteiger partial charge in [0.2, 0.25) is 11.8 Å². The fourth-order valence-corrected chi connectivity index (χ4v) is 2.47. The van der Waals surface area contributed by atoms with Crippen molar-refractivity contribution >= 4 is 18.1 Å². The maximum absolute atomic E-state index is 12.5. The number of nitrogens with zero attached hydrogens (tertiary/aromatic N) is 1. The highest BCUT2D eigenvalue weighted by molar-refractivity contribution is 5.90. The first-order chi connectivity index (χ1) is 9.79. The first kappa shape index (κ1) is 17.7. The second kappa shape index (κ2) is 7.57. The fourth-order valence-electron chi connectivity index (χ4n) is 2.47. The van der Waals surface area contributed by atoms with E-state index in [1.165, 1.54) is 0 Å². The molecule has 1 unspecified atom stereocenters. The molecule has 0 spiro atoms. The van der Waals surface area contributed by atoms with Crippen LogP contribution < -0.4 is 5.32 Å². The molecule has 0 aromatic heterocycles. The summed E-state index contributed by atoms with van der Waals surface area (Å²) in [5, 5.41) is 2.76. The molecule has 120 valence electrons. The number of carbonyl (C=O) groups is 3. The van der Waals surface area contributed by atoms with Crippen molar-refractivity contribution in [3.63, 3.8) is 0 Å². The van der Waals surface area contributed by atoms with E-state index in [0.717, 1.165) is 12.7 Å². The quantitative estimate of drug-likeness (QED) is 0.757. The van der Waals surface area contributed by atoms with Gasteiger partial charge in [-0.15, -0.1) is 0 Å². The zero-order valence-corrected chi connectivity index (χ0v) is 13.8. The Morgan fingerprint density at radius 2 is 1.76 bits per heavy atom. The summed E-state index contributed by atoms with van der Waals surface area (Å²) in [6, 6.07) is -0.919. The molecule has 0 bridgehead atoms. The highest BCUT2D eigenvalue weighted by Gasteiger charge is 2.37. The minimum Gasteiger partial charge on any atom is -0.345 e. The van der Waals surface area contributed by atoms with Crippen LogP contribution in [0.2, 0.25) is 0 Å². The molecule has 1 aliphatic rings. The molecule has 2 amide bonds. The van der Waals surface area contributed by atoms with Crippen molar-refractivity contribution in [2.75, 3.05) is 6.54 Å². The standard InChI is InChI=1S/C16H28N2O3/c1-10(2)12(5)16(21)18-8-6-7-14(18)15(20)17-13(9-19)11(3)4/h9-14H,6-8H2,1-5H3,(H,17,20)/t12-,13+,14?/m0/s1. The first-order valence-electron chi connectivity index (χ1n) is 7.85. The Bertz CT molecular complexity index is 393. The van der Waals surface area contributed by atoms with Gasteiger partial charge in [-0.2, -0.15) is 0 Å². The third kappa shape index (κ3) is 4.29. The predicted molar refractivity (Wildman–Crippen MR) is 81.6 cm³/mol. The van der Waals surface area contributed by atoms with Crippen molar-refractivity contribution in [1.82, 2.24) is 10.2 Å². The molecule has 1 heterocycles. The number of carbonyl (C=O) groups excluding carboxylic acids is 3. The monoisotopic (exact) mass is 296 g/mol. The van der Waals surface area contributed by atoms with Crippen molar-refractivity contribution in [2.45, 2.75) is 59.5 Å². The molecule has 1 saturated heterocycles. The van der Waals surface area contributed by atoms with Gasteiger partial charge in [-0.1, -0.05) is 34.6 Å². The Morgan fingerprint density at radius 3 is 2.24 bits per heavy atom. The Morgan fingerprint density at radius 1 is 1.14 bits per heavy atom. The largest absolute Gasteiger partial charge is 0.345 e. The smallest absolute Gasteiger partial charge is 0.243 e. The highest BCUT2D eigenvalue weighted by atomic mass is 16.2. The van der Waals surface area contributed by atoms with Crippen molar-refractivity contribution < 1.29 is 14.4 Å². The van der Waals surface area contributed by atoms with Crippen LogP contribution in [0.15, 0.2) is 0 Å². The molecule has 21 heavy (non-hydrogen) atoms. The molecule has 3 atom stereocenters. The maximum atomic E-state index is 12.5.